The summed E-state index contributed by atoms with van der Waals surface area (Å²) < 4.78 is 0. The van der Waals surface area contributed by atoms with E-state index in [4.69, 9.17) is 17.3 Å². The van der Waals surface area contributed by atoms with Crippen molar-refractivity contribution < 1.29 is 4.79 Å². The van der Waals surface area contributed by atoms with Gasteiger partial charge in [-0.1, -0.05) is 35.9 Å². The van der Waals surface area contributed by atoms with Gasteiger partial charge in [-0.25, -0.2) is 0 Å². The number of para-hydroxylation sites is 1. The molecule has 1 aliphatic heterocycles. The minimum Gasteiger partial charge on any atom is -0.361 e. The van der Waals surface area contributed by atoms with E-state index in [1.807, 2.05) is 47.5 Å². The van der Waals surface area contributed by atoms with E-state index in [-0.39, 0.29) is 5.91 Å². The van der Waals surface area contributed by atoms with E-state index in [0.29, 0.717) is 23.9 Å². The quantitative estimate of drug-likeness (QED) is 0.677. The molecule has 3 N–H and O–H groups in total. The number of halogens is 1. The summed E-state index contributed by atoms with van der Waals surface area (Å²) in [6, 6.07) is 13.2. The number of anilines is 1. The smallest absolute Gasteiger partial charge is 0.244 e. The molecule has 0 saturated carbocycles. The zero-order chi connectivity index (χ0) is 20.5. The van der Waals surface area contributed by atoms with Gasteiger partial charge in [-0.3, -0.25) is 4.79 Å². The Morgan fingerprint density at radius 3 is 2.86 bits per heavy atom. The van der Waals surface area contributed by atoms with E-state index in [1.165, 1.54) is 0 Å². The Bertz CT molecular complexity index is 1030. The van der Waals surface area contributed by atoms with Crippen LogP contribution in [0, 0.1) is 5.92 Å². The van der Waals surface area contributed by atoms with Crippen LogP contribution in [0.2, 0.25) is 5.02 Å². The molecule has 4 rings (SSSR count). The van der Waals surface area contributed by atoms with Gasteiger partial charge in [-0.15, -0.1) is 0 Å². The summed E-state index contributed by atoms with van der Waals surface area (Å²) in [6.07, 6.45) is 3.32. The number of aromatic amines is 1. The molecule has 1 aliphatic rings. The topological polar surface area (TPSA) is 65.4 Å². The first-order valence-corrected chi connectivity index (χ1v) is 10.4. The van der Waals surface area contributed by atoms with Gasteiger partial charge in [0.15, 0.2) is 0 Å². The molecule has 2 heterocycles. The van der Waals surface area contributed by atoms with Crippen LogP contribution in [0.25, 0.3) is 10.9 Å². The molecule has 1 aromatic heterocycles. The number of nitrogens with one attached hydrogen (secondary N) is 1. The van der Waals surface area contributed by atoms with Gasteiger partial charge in [0, 0.05) is 40.9 Å². The van der Waals surface area contributed by atoms with Crippen LogP contribution in [-0.2, 0) is 17.6 Å². The SMILES string of the molecule is CN(C)C[C@@H]1Cc2c(Cl)cccc2N(C(=O)[C@@H](N)Cc2c[nH]c3ccccc23)C1. The number of rotatable bonds is 5. The molecule has 1 amide bonds. The summed E-state index contributed by atoms with van der Waals surface area (Å²) in [6.45, 7) is 1.55. The lowest BCUT2D eigenvalue weighted by molar-refractivity contribution is -0.120. The maximum absolute atomic E-state index is 13.4. The van der Waals surface area contributed by atoms with Gasteiger partial charge in [-0.05, 0) is 62.2 Å². The zero-order valence-electron chi connectivity index (χ0n) is 16.9. The van der Waals surface area contributed by atoms with Gasteiger partial charge in [0.2, 0.25) is 5.91 Å². The number of aromatic nitrogens is 1. The van der Waals surface area contributed by atoms with Gasteiger partial charge in [0.1, 0.15) is 0 Å². The standard InChI is InChI=1S/C23H27ClN4O/c1-27(2)13-15-10-18-19(24)7-5-9-22(18)28(14-15)23(29)20(25)11-16-12-26-21-8-4-3-6-17(16)21/h3-9,12,15,20,26H,10-11,13-14,25H2,1-2H3/t15-,20-/m0/s1. The van der Waals surface area contributed by atoms with Gasteiger partial charge in [-0.2, -0.15) is 0 Å². The van der Waals surface area contributed by atoms with E-state index in [2.05, 4.69) is 30.0 Å². The van der Waals surface area contributed by atoms with E-state index >= 15 is 0 Å². The Balaban J connectivity index is 1.60. The predicted molar refractivity (Wildman–Crippen MR) is 120 cm³/mol. The van der Waals surface area contributed by atoms with Gasteiger partial charge >= 0.3 is 0 Å². The predicted octanol–water partition coefficient (Wildman–Crippen LogP) is 3.46. The molecule has 0 fully saturated rings. The number of carbonyl (C=O) groups excluding carboxylic acids is 1. The second-order valence-corrected chi connectivity index (χ2v) is 8.60. The highest BCUT2D eigenvalue weighted by Gasteiger charge is 2.32. The molecule has 0 unspecified atom stereocenters. The third kappa shape index (κ3) is 4.04. The number of H-pyrrole nitrogens is 1. The first-order valence-electron chi connectivity index (χ1n) is 9.98. The van der Waals surface area contributed by atoms with Crippen molar-refractivity contribution in [1.29, 1.82) is 0 Å². The Hall–Kier alpha value is -2.34. The number of hydrogen-bond acceptors (Lipinski definition) is 3. The molecule has 152 valence electrons. The average Bonchev–Trinajstić information content (AvgIpc) is 3.10. The lowest BCUT2D eigenvalue weighted by atomic mass is 9.91. The average molecular weight is 411 g/mol. The number of nitrogens with zero attached hydrogens (tertiary/aromatic N) is 2. The summed E-state index contributed by atoms with van der Waals surface area (Å²) in [5, 5.41) is 1.83. The fourth-order valence-corrected chi connectivity index (χ4v) is 4.63. The number of fused-ring (bicyclic) bond motifs is 2. The van der Waals surface area contributed by atoms with Crippen LogP contribution in [0.4, 0.5) is 5.69 Å². The minimum absolute atomic E-state index is 0.0535. The molecule has 0 aliphatic carbocycles. The maximum atomic E-state index is 13.4. The maximum Gasteiger partial charge on any atom is 0.244 e. The van der Waals surface area contributed by atoms with Crippen molar-refractivity contribution in [3.05, 3.63) is 64.8 Å². The molecule has 0 saturated heterocycles. The van der Waals surface area contributed by atoms with Crippen LogP contribution in [0.15, 0.2) is 48.7 Å². The molecule has 2 aromatic carbocycles. The molecule has 0 bridgehead atoms. The second kappa shape index (κ2) is 8.19. The zero-order valence-corrected chi connectivity index (χ0v) is 17.6. The number of nitrogens with two attached hydrogens (primary N) is 1. The van der Waals surface area contributed by atoms with Crippen LogP contribution >= 0.6 is 11.6 Å². The van der Waals surface area contributed by atoms with E-state index in [9.17, 15) is 4.79 Å². The molecule has 5 nitrogen and oxygen atoms in total. The van der Waals surface area contributed by atoms with Crippen LogP contribution in [-0.4, -0.2) is 49.0 Å². The number of amides is 1. The van der Waals surface area contributed by atoms with Crippen molar-refractivity contribution in [2.24, 2.45) is 11.7 Å². The monoisotopic (exact) mass is 410 g/mol. The Kier molecular flexibility index (Phi) is 5.63. The molecule has 0 spiro atoms. The minimum atomic E-state index is -0.612. The number of carbonyl (C=O) groups is 1. The lowest BCUT2D eigenvalue weighted by Crippen LogP contribution is -2.50. The van der Waals surface area contributed by atoms with Gasteiger partial charge in [0.05, 0.1) is 6.04 Å². The first-order chi connectivity index (χ1) is 13.9. The van der Waals surface area contributed by atoms with Crippen molar-refractivity contribution in [3.63, 3.8) is 0 Å². The van der Waals surface area contributed by atoms with Crippen molar-refractivity contribution in [1.82, 2.24) is 9.88 Å². The normalized spacial score (nSPS) is 17.6. The number of hydrogen-bond donors (Lipinski definition) is 2. The summed E-state index contributed by atoms with van der Waals surface area (Å²) in [7, 11) is 4.11. The Morgan fingerprint density at radius 2 is 2.07 bits per heavy atom. The summed E-state index contributed by atoms with van der Waals surface area (Å²) in [5.74, 6) is 0.267. The van der Waals surface area contributed by atoms with Gasteiger partial charge < -0.3 is 20.5 Å². The van der Waals surface area contributed by atoms with E-state index in [0.717, 1.165) is 40.7 Å². The summed E-state index contributed by atoms with van der Waals surface area (Å²) in [5.41, 5.74) is 10.5. The van der Waals surface area contributed by atoms with Gasteiger partial charge in [0.25, 0.3) is 0 Å². The Morgan fingerprint density at radius 1 is 1.28 bits per heavy atom. The summed E-state index contributed by atoms with van der Waals surface area (Å²) in [4.78, 5) is 20.7. The third-order valence-electron chi connectivity index (χ3n) is 5.64. The number of benzene rings is 2. The van der Waals surface area contributed by atoms with E-state index in [1.54, 1.807) is 0 Å². The summed E-state index contributed by atoms with van der Waals surface area (Å²) >= 11 is 6.49. The first kappa shape index (κ1) is 20.0. The van der Waals surface area contributed by atoms with E-state index < -0.39 is 6.04 Å². The second-order valence-electron chi connectivity index (χ2n) is 8.19. The molecular weight excluding hydrogens is 384 g/mol. The third-order valence-corrected chi connectivity index (χ3v) is 5.99. The largest absolute Gasteiger partial charge is 0.361 e. The van der Waals surface area contributed by atoms with Crippen LogP contribution in [0.1, 0.15) is 11.1 Å². The van der Waals surface area contributed by atoms with Crippen molar-refractivity contribution in [3.8, 4) is 0 Å². The molecule has 6 heteroatoms. The lowest BCUT2D eigenvalue weighted by Gasteiger charge is -2.37. The van der Waals surface area contributed by atoms with Crippen LogP contribution < -0.4 is 10.6 Å². The highest BCUT2D eigenvalue weighted by Crippen LogP contribution is 2.35. The molecular formula is C23H27ClN4O. The fraction of sp³-hybridized carbons (Fsp3) is 0.348. The molecule has 0 radical (unpaired) electrons. The Labute approximate surface area is 176 Å². The van der Waals surface area contributed by atoms with Crippen molar-refractivity contribution >= 4 is 34.1 Å². The van der Waals surface area contributed by atoms with Crippen LogP contribution in [0.5, 0.6) is 0 Å². The highest BCUT2D eigenvalue weighted by atomic mass is 35.5. The fourth-order valence-electron chi connectivity index (χ4n) is 4.38. The molecule has 3 aromatic rings. The molecule has 29 heavy (non-hydrogen) atoms. The van der Waals surface area contributed by atoms with Crippen molar-refractivity contribution in [2.45, 2.75) is 18.9 Å². The van der Waals surface area contributed by atoms with Crippen molar-refractivity contribution in [2.75, 3.05) is 32.1 Å². The highest BCUT2D eigenvalue weighted by molar-refractivity contribution is 6.32. The molecule has 2 atom stereocenters. The van der Waals surface area contributed by atoms with Crippen LogP contribution in [0.3, 0.4) is 0 Å².